The van der Waals surface area contributed by atoms with Crippen LogP contribution in [0.4, 0.5) is 0 Å². The molecule has 6 aromatic carbocycles. The molecule has 38 heavy (non-hydrogen) atoms. The Balaban J connectivity index is 1.38. The highest BCUT2D eigenvalue weighted by atomic mass is 16.3. The number of nitrogens with zero attached hydrogens (tertiary/aromatic N) is 2. The van der Waals surface area contributed by atoms with Crippen LogP contribution in [0.1, 0.15) is 18.1 Å². The Morgan fingerprint density at radius 2 is 1.29 bits per heavy atom. The van der Waals surface area contributed by atoms with Crippen molar-refractivity contribution in [3.8, 4) is 11.1 Å². The molecule has 0 bridgehead atoms. The van der Waals surface area contributed by atoms with E-state index in [0.717, 1.165) is 39.1 Å². The smallest absolute Gasteiger partial charge is 0.159 e. The Morgan fingerprint density at radius 1 is 0.632 bits per heavy atom. The molecule has 0 aliphatic heterocycles. The fourth-order valence-corrected chi connectivity index (χ4v) is 5.54. The lowest BCUT2D eigenvalue weighted by Crippen LogP contribution is -1.97. The van der Waals surface area contributed by atoms with Gasteiger partial charge in [0, 0.05) is 21.9 Å². The van der Waals surface area contributed by atoms with Crippen molar-refractivity contribution in [3.05, 3.63) is 126 Å². The van der Waals surface area contributed by atoms with Crippen molar-refractivity contribution in [2.24, 2.45) is 9.98 Å². The van der Waals surface area contributed by atoms with Gasteiger partial charge in [-0.15, -0.1) is 0 Å². The summed E-state index contributed by atoms with van der Waals surface area (Å²) in [7, 11) is 0. The second-order valence-electron chi connectivity index (χ2n) is 9.43. The highest BCUT2D eigenvalue weighted by Gasteiger charge is 2.17. The third-order valence-corrected chi connectivity index (χ3v) is 7.30. The van der Waals surface area contributed by atoms with Gasteiger partial charge in [0.2, 0.25) is 0 Å². The topological polar surface area (TPSA) is 37.9 Å². The molecule has 0 aliphatic carbocycles. The zero-order chi connectivity index (χ0) is 25.6. The summed E-state index contributed by atoms with van der Waals surface area (Å²) in [6, 6.07) is 37.9. The molecule has 3 heteroatoms. The quantitative estimate of drug-likeness (QED) is 0.138. The highest BCUT2D eigenvalue weighted by Crippen LogP contribution is 2.43. The summed E-state index contributed by atoms with van der Waals surface area (Å²) in [4.78, 5) is 9.06. The average Bonchev–Trinajstić information content (AvgIpc) is 3.37. The van der Waals surface area contributed by atoms with Crippen LogP contribution in [0.5, 0.6) is 0 Å². The summed E-state index contributed by atoms with van der Waals surface area (Å²) in [5, 5.41) is 7.32. The molecule has 3 nitrogen and oxygen atoms in total. The number of aliphatic imine (C=N–C) groups is 2. The number of furan rings is 1. The molecule has 0 fully saturated rings. The van der Waals surface area contributed by atoms with Crippen molar-refractivity contribution in [1.82, 2.24) is 0 Å². The molecule has 7 rings (SSSR count). The number of hydrogen-bond acceptors (Lipinski definition) is 2. The van der Waals surface area contributed by atoms with Crippen molar-refractivity contribution >= 4 is 61.7 Å². The third kappa shape index (κ3) is 3.44. The molecule has 1 heterocycles. The minimum Gasteiger partial charge on any atom is -0.456 e. The molecule has 180 valence electrons. The van der Waals surface area contributed by atoms with Gasteiger partial charge in [-0.25, -0.2) is 9.98 Å². The first-order chi connectivity index (χ1) is 18.7. The van der Waals surface area contributed by atoms with Gasteiger partial charge in [-0.1, -0.05) is 91.0 Å². The molecule has 7 aromatic rings. The molecular weight excluding hydrogens is 464 g/mol. The van der Waals surface area contributed by atoms with Crippen molar-refractivity contribution in [1.29, 1.82) is 0 Å². The molecule has 1 aromatic heterocycles. The SMILES string of the molecule is C=NC(=N/C(=C\C)c1cccc(-c2ccc3c(c2)c2cccc4oc5cccc3c5c42)c1)c1ccccc1. The van der Waals surface area contributed by atoms with Crippen LogP contribution in [-0.4, -0.2) is 12.6 Å². The van der Waals surface area contributed by atoms with E-state index in [1.54, 1.807) is 0 Å². The number of amidine groups is 1. The van der Waals surface area contributed by atoms with Crippen LogP contribution >= 0.6 is 0 Å². The lowest BCUT2D eigenvalue weighted by molar-refractivity contribution is 0.669. The second-order valence-corrected chi connectivity index (χ2v) is 9.43. The van der Waals surface area contributed by atoms with Gasteiger partial charge in [0.1, 0.15) is 11.2 Å². The van der Waals surface area contributed by atoms with Crippen molar-refractivity contribution in [2.45, 2.75) is 6.92 Å². The summed E-state index contributed by atoms with van der Waals surface area (Å²) in [5.74, 6) is 0.607. The van der Waals surface area contributed by atoms with E-state index in [1.165, 1.54) is 32.3 Å². The fraction of sp³-hybridized carbons (Fsp3) is 0.0286. The molecule has 0 spiro atoms. The Bertz CT molecular complexity index is 2040. The zero-order valence-corrected chi connectivity index (χ0v) is 21.0. The normalized spacial score (nSPS) is 12.8. The summed E-state index contributed by atoms with van der Waals surface area (Å²) in [6.07, 6.45) is 2.02. The Morgan fingerprint density at radius 3 is 2.00 bits per heavy atom. The molecule has 0 amide bonds. The van der Waals surface area contributed by atoms with E-state index in [9.17, 15) is 0 Å². The maximum atomic E-state index is 6.20. The predicted octanol–water partition coefficient (Wildman–Crippen LogP) is 9.51. The molecule has 0 atom stereocenters. The highest BCUT2D eigenvalue weighted by molar-refractivity contribution is 6.33. The summed E-state index contributed by atoms with van der Waals surface area (Å²) >= 11 is 0. The van der Waals surface area contributed by atoms with Crippen molar-refractivity contribution < 1.29 is 4.42 Å². The first-order valence-electron chi connectivity index (χ1n) is 12.7. The predicted molar refractivity (Wildman–Crippen MR) is 162 cm³/mol. The number of allylic oxidation sites excluding steroid dienone is 1. The number of hydrogen-bond donors (Lipinski definition) is 0. The van der Waals surface area contributed by atoms with Gasteiger partial charge in [0.15, 0.2) is 5.84 Å². The average molecular weight is 489 g/mol. The maximum Gasteiger partial charge on any atom is 0.159 e. The summed E-state index contributed by atoms with van der Waals surface area (Å²) < 4.78 is 6.20. The van der Waals surface area contributed by atoms with Gasteiger partial charge >= 0.3 is 0 Å². The first kappa shape index (κ1) is 22.2. The van der Waals surface area contributed by atoms with Crippen LogP contribution in [0.3, 0.4) is 0 Å². The summed E-state index contributed by atoms with van der Waals surface area (Å²) in [5.41, 5.74) is 7.00. The van der Waals surface area contributed by atoms with E-state index < -0.39 is 0 Å². The van der Waals surface area contributed by atoms with Crippen LogP contribution in [0.25, 0.3) is 60.3 Å². The van der Waals surface area contributed by atoms with Gasteiger partial charge < -0.3 is 4.42 Å². The number of benzene rings is 6. The van der Waals surface area contributed by atoms with Crippen LogP contribution < -0.4 is 0 Å². The van der Waals surface area contributed by atoms with Crippen LogP contribution in [0, 0.1) is 0 Å². The van der Waals surface area contributed by atoms with Gasteiger partial charge in [0.25, 0.3) is 0 Å². The lowest BCUT2D eigenvalue weighted by Gasteiger charge is -2.11. The Kier molecular flexibility index (Phi) is 5.15. The molecule has 0 radical (unpaired) electrons. The standard InChI is InChI=1S/C35H24N2O/c1-3-30(37-35(36-2)22-10-5-4-6-11-22)25-13-7-12-23(20-25)24-18-19-26-27-14-8-16-31-33(27)34-28(29(26)21-24)15-9-17-32(34)38-31/h3-21H,2H2,1H3/b30-3-,37-35?. The van der Waals surface area contributed by atoms with Crippen LogP contribution in [-0.2, 0) is 0 Å². The number of fused-ring (bicyclic) bond motifs is 3. The first-order valence-corrected chi connectivity index (χ1v) is 12.7. The third-order valence-electron chi connectivity index (χ3n) is 7.30. The van der Waals surface area contributed by atoms with Crippen LogP contribution in [0.2, 0.25) is 0 Å². The van der Waals surface area contributed by atoms with E-state index in [-0.39, 0.29) is 0 Å². The Hall–Kier alpha value is -5.02. The molecule has 0 aliphatic rings. The van der Waals surface area contributed by atoms with Crippen molar-refractivity contribution in [3.63, 3.8) is 0 Å². The summed E-state index contributed by atoms with van der Waals surface area (Å²) in [6.45, 7) is 5.75. The molecule has 0 N–H and O–H groups in total. The lowest BCUT2D eigenvalue weighted by atomic mass is 9.92. The molecular formula is C35H24N2O. The van der Waals surface area contributed by atoms with E-state index in [0.29, 0.717) is 5.84 Å². The largest absolute Gasteiger partial charge is 0.456 e. The molecule has 0 saturated carbocycles. The number of rotatable bonds is 4. The van der Waals surface area contributed by atoms with E-state index in [2.05, 4.69) is 90.6 Å². The van der Waals surface area contributed by atoms with Gasteiger partial charge in [-0.05, 0) is 70.6 Å². The minimum atomic E-state index is 0.607. The van der Waals surface area contributed by atoms with Gasteiger partial charge in [-0.2, -0.15) is 0 Å². The molecule has 0 saturated heterocycles. The van der Waals surface area contributed by atoms with Gasteiger partial charge in [0.05, 0.1) is 5.70 Å². The fourth-order valence-electron chi connectivity index (χ4n) is 5.54. The maximum absolute atomic E-state index is 6.20. The van der Waals surface area contributed by atoms with E-state index in [1.807, 2.05) is 43.3 Å². The zero-order valence-electron chi connectivity index (χ0n) is 21.0. The van der Waals surface area contributed by atoms with Crippen molar-refractivity contribution in [2.75, 3.05) is 0 Å². The Labute approximate surface area is 220 Å². The van der Waals surface area contributed by atoms with E-state index in [4.69, 9.17) is 9.41 Å². The minimum absolute atomic E-state index is 0.607. The van der Waals surface area contributed by atoms with E-state index >= 15 is 0 Å². The van der Waals surface area contributed by atoms with Gasteiger partial charge in [-0.3, -0.25) is 0 Å². The second kappa shape index (κ2) is 8.82. The monoisotopic (exact) mass is 488 g/mol. The molecule has 0 unspecified atom stereocenters. The van der Waals surface area contributed by atoms with Crippen LogP contribution in [0.15, 0.2) is 130 Å².